The van der Waals surface area contributed by atoms with Crippen LogP contribution in [0, 0.1) is 0 Å². The van der Waals surface area contributed by atoms with Crippen molar-refractivity contribution in [3.63, 3.8) is 0 Å². The molecule has 0 radical (unpaired) electrons. The van der Waals surface area contributed by atoms with Gasteiger partial charge >= 0.3 is 0 Å². The number of aromatic nitrogens is 5. The smallest absolute Gasteiger partial charge is 0.247 e. The van der Waals surface area contributed by atoms with Crippen LogP contribution in [0.1, 0.15) is 12.8 Å². The Morgan fingerprint density at radius 1 is 1.05 bits per heavy atom. The number of nitrogens with zero attached hydrogens (tertiary/aromatic N) is 9. The molecular formula is C29H36N10O3S2. The number of thioether (sulfide) groups is 1. The van der Waals surface area contributed by atoms with E-state index in [-0.39, 0.29) is 24.5 Å². The van der Waals surface area contributed by atoms with Crippen LogP contribution >= 0.6 is 11.8 Å². The molecule has 4 aromatic rings. The predicted octanol–water partition coefficient (Wildman–Crippen LogP) is 2.21. The molecule has 13 nitrogen and oxygen atoms in total. The van der Waals surface area contributed by atoms with E-state index in [9.17, 15) is 13.2 Å². The van der Waals surface area contributed by atoms with Crippen molar-refractivity contribution in [2.45, 2.75) is 41.3 Å². The van der Waals surface area contributed by atoms with Crippen molar-refractivity contribution >= 4 is 50.7 Å². The Labute approximate surface area is 260 Å². The lowest BCUT2D eigenvalue weighted by atomic mass is 10.2. The summed E-state index contributed by atoms with van der Waals surface area (Å²) in [4.78, 5) is 25.0. The number of pyridine rings is 1. The summed E-state index contributed by atoms with van der Waals surface area (Å²) in [5, 5.41) is 12.2. The fourth-order valence-corrected chi connectivity index (χ4v) is 9.51. The Morgan fingerprint density at radius 3 is 2.55 bits per heavy atom. The number of hydrogen-bond acceptors (Lipinski definition) is 10. The molecule has 2 bridgehead atoms. The molecule has 15 heteroatoms. The molecule has 7 rings (SSSR count). The monoisotopic (exact) mass is 636 g/mol. The molecule has 0 spiro atoms. The maximum Gasteiger partial charge on any atom is 0.247 e. The van der Waals surface area contributed by atoms with Crippen LogP contribution in [0.25, 0.3) is 5.65 Å². The number of carbonyl (C=O) groups excluding carboxylic acids is 1. The van der Waals surface area contributed by atoms with Crippen molar-refractivity contribution in [1.29, 1.82) is 0 Å². The maximum atomic E-state index is 13.8. The topological polar surface area (TPSA) is 124 Å². The zero-order chi connectivity index (χ0) is 30.4. The van der Waals surface area contributed by atoms with Gasteiger partial charge in [0.05, 0.1) is 22.5 Å². The van der Waals surface area contributed by atoms with E-state index in [2.05, 4.69) is 32.4 Å². The van der Waals surface area contributed by atoms with Crippen LogP contribution in [0.3, 0.4) is 0 Å². The van der Waals surface area contributed by atoms with Gasteiger partial charge in [-0.05, 0) is 50.4 Å². The number of anilines is 3. The number of fused-ring (bicyclic) bond motifs is 3. The molecule has 2 atom stereocenters. The van der Waals surface area contributed by atoms with E-state index >= 15 is 0 Å². The maximum absolute atomic E-state index is 13.8. The lowest BCUT2D eigenvalue weighted by Crippen LogP contribution is -2.55. The van der Waals surface area contributed by atoms with Gasteiger partial charge in [0, 0.05) is 68.6 Å². The zero-order valence-corrected chi connectivity index (χ0v) is 26.4. The van der Waals surface area contributed by atoms with Gasteiger partial charge in [0.25, 0.3) is 0 Å². The summed E-state index contributed by atoms with van der Waals surface area (Å²) < 4.78 is 32.8. The van der Waals surface area contributed by atoms with E-state index in [1.165, 1.54) is 11.8 Å². The van der Waals surface area contributed by atoms with Gasteiger partial charge in [0.2, 0.25) is 21.9 Å². The fraction of sp³-hybridized carbons (Fsp3) is 0.448. The van der Waals surface area contributed by atoms with E-state index in [4.69, 9.17) is 4.98 Å². The first kappa shape index (κ1) is 29.1. The largest absolute Gasteiger partial charge is 0.365 e. The highest BCUT2D eigenvalue weighted by Gasteiger charge is 2.47. The molecule has 3 saturated heterocycles. The van der Waals surface area contributed by atoms with Crippen LogP contribution in [-0.4, -0.2) is 117 Å². The Morgan fingerprint density at radius 2 is 1.80 bits per heavy atom. The molecule has 232 valence electrons. The Hall–Kier alpha value is -3.66. The van der Waals surface area contributed by atoms with Gasteiger partial charge in [-0.25, -0.2) is 12.9 Å². The van der Waals surface area contributed by atoms with Crippen LogP contribution in [0.2, 0.25) is 0 Å². The van der Waals surface area contributed by atoms with Crippen molar-refractivity contribution in [1.82, 2.24) is 38.5 Å². The SMILES string of the molecule is CSc1ccccc1S(=O)(=O)N1C2CCC1CN(c1cccn3nc(Nc4cnn(CC(=O)N5CCN(C)CC5)c4)nc13)C2. The summed E-state index contributed by atoms with van der Waals surface area (Å²) in [6.07, 6.45) is 8.86. The quantitative estimate of drug-likeness (QED) is 0.288. The van der Waals surface area contributed by atoms with Crippen LogP contribution in [-0.2, 0) is 21.4 Å². The van der Waals surface area contributed by atoms with Gasteiger partial charge in [-0.1, -0.05) is 12.1 Å². The molecule has 1 aromatic carbocycles. The first-order chi connectivity index (χ1) is 21.3. The van der Waals surface area contributed by atoms with Crippen LogP contribution < -0.4 is 10.2 Å². The average molecular weight is 637 g/mol. The number of amides is 1. The molecule has 6 heterocycles. The minimum Gasteiger partial charge on any atom is -0.365 e. The number of rotatable bonds is 8. The van der Waals surface area contributed by atoms with Crippen molar-refractivity contribution in [3.8, 4) is 0 Å². The lowest BCUT2D eigenvalue weighted by Gasteiger charge is -2.41. The Bertz CT molecular complexity index is 1770. The van der Waals surface area contributed by atoms with Crippen LogP contribution in [0.15, 0.2) is 64.8 Å². The normalized spacial score (nSPS) is 21.3. The second-order valence-electron chi connectivity index (χ2n) is 11.6. The van der Waals surface area contributed by atoms with Crippen molar-refractivity contribution in [3.05, 3.63) is 55.0 Å². The predicted molar refractivity (Wildman–Crippen MR) is 169 cm³/mol. The minimum atomic E-state index is -3.62. The van der Waals surface area contributed by atoms with Gasteiger partial charge < -0.3 is 20.0 Å². The van der Waals surface area contributed by atoms with E-state index in [1.54, 1.807) is 38.0 Å². The Balaban J connectivity index is 1.06. The number of sulfonamides is 1. The molecule has 2 unspecified atom stereocenters. The summed E-state index contributed by atoms with van der Waals surface area (Å²) in [5.41, 5.74) is 2.30. The summed E-state index contributed by atoms with van der Waals surface area (Å²) >= 11 is 1.46. The molecule has 1 N–H and O–H groups in total. The number of hydrogen-bond donors (Lipinski definition) is 1. The first-order valence-corrected chi connectivity index (χ1v) is 17.5. The van der Waals surface area contributed by atoms with E-state index in [0.29, 0.717) is 35.3 Å². The van der Waals surface area contributed by atoms with Crippen LogP contribution in [0.4, 0.5) is 17.3 Å². The summed E-state index contributed by atoms with van der Waals surface area (Å²) in [7, 11) is -1.56. The number of likely N-dealkylation sites (N-methyl/N-ethyl adjacent to an activating group) is 1. The van der Waals surface area contributed by atoms with Gasteiger partial charge in [-0.3, -0.25) is 9.48 Å². The molecule has 44 heavy (non-hydrogen) atoms. The number of benzene rings is 1. The molecule has 3 aliphatic heterocycles. The van der Waals surface area contributed by atoms with Gasteiger partial charge in [-0.2, -0.15) is 14.4 Å². The highest BCUT2D eigenvalue weighted by Crippen LogP contribution is 2.39. The van der Waals surface area contributed by atoms with Crippen molar-refractivity contribution in [2.24, 2.45) is 0 Å². The highest BCUT2D eigenvalue weighted by molar-refractivity contribution is 7.99. The second kappa shape index (κ2) is 11.7. The minimum absolute atomic E-state index is 0.0542. The lowest BCUT2D eigenvalue weighted by molar-refractivity contribution is -0.133. The van der Waals surface area contributed by atoms with Gasteiger partial charge in [0.1, 0.15) is 6.54 Å². The first-order valence-electron chi connectivity index (χ1n) is 14.8. The third-order valence-corrected chi connectivity index (χ3v) is 11.8. The van der Waals surface area contributed by atoms with E-state index in [1.807, 2.05) is 41.6 Å². The Kier molecular flexibility index (Phi) is 7.72. The summed E-state index contributed by atoms with van der Waals surface area (Å²) in [6, 6.07) is 11.0. The third kappa shape index (κ3) is 5.42. The van der Waals surface area contributed by atoms with E-state index in [0.717, 1.165) is 49.6 Å². The number of piperazine rings is 2. The fourth-order valence-electron chi connectivity index (χ4n) is 6.53. The van der Waals surface area contributed by atoms with Crippen molar-refractivity contribution in [2.75, 3.05) is 62.8 Å². The molecule has 3 aromatic heterocycles. The molecule has 3 fully saturated rings. The summed E-state index contributed by atoms with van der Waals surface area (Å²) in [5.74, 6) is 0.471. The average Bonchev–Trinajstić information content (AvgIpc) is 3.72. The molecule has 1 amide bonds. The molecule has 3 aliphatic rings. The second-order valence-corrected chi connectivity index (χ2v) is 14.3. The third-order valence-electron chi connectivity index (χ3n) is 8.76. The van der Waals surface area contributed by atoms with Crippen molar-refractivity contribution < 1.29 is 13.2 Å². The molecular weight excluding hydrogens is 601 g/mol. The zero-order valence-electron chi connectivity index (χ0n) is 24.8. The van der Waals surface area contributed by atoms with Crippen LogP contribution in [0.5, 0.6) is 0 Å². The standard InChI is InChI=1S/C29H36N10O3S2/c1-34-12-14-35(15-13-34)27(40)20-37-17-21(16-30-37)31-29-32-28-24(6-5-11-38(28)33-29)36-18-22-9-10-23(19-36)39(22)44(41,42)26-8-4-3-7-25(26)43-2/h3-8,11,16-17,22-23H,9-10,12-15,18-20H2,1-2H3,(H,31,33). The van der Waals surface area contributed by atoms with Gasteiger partial charge in [-0.15, -0.1) is 16.9 Å². The van der Waals surface area contributed by atoms with E-state index < -0.39 is 10.0 Å². The van der Waals surface area contributed by atoms with Gasteiger partial charge in [0.15, 0.2) is 5.65 Å². The highest BCUT2D eigenvalue weighted by atomic mass is 32.2. The molecule has 0 saturated carbocycles. The molecule has 0 aliphatic carbocycles. The summed E-state index contributed by atoms with van der Waals surface area (Å²) in [6.45, 7) is 4.56. The number of nitrogens with one attached hydrogen (secondary N) is 1. The number of carbonyl (C=O) groups is 1.